The van der Waals surface area contributed by atoms with Crippen LogP contribution in [0.1, 0.15) is 35.1 Å². The predicted octanol–water partition coefficient (Wildman–Crippen LogP) is 2.74. The monoisotopic (exact) mass is 416 g/mol. The van der Waals surface area contributed by atoms with E-state index in [9.17, 15) is 5.11 Å². The standard InChI is InChI=1S/C20H24N4O4S/c1-13-21-19-24(22-13)18(25)17(29-19)16(14-3-5-15(26-2)6-4-14)23-9-7-20(8-10-23)27-11-12-28-20/h3-6,16,25H,7-12H2,1-2H3/t16-/m1/s1. The van der Waals surface area contributed by atoms with E-state index in [1.165, 1.54) is 15.9 Å². The molecule has 8 nitrogen and oxygen atoms in total. The molecule has 0 radical (unpaired) electrons. The number of aryl methyl sites for hydroxylation is 1. The molecule has 1 spiro atoms. The maximum Gasteiger partial charge on any atom is 0.230 e. The SMILES string of the molecule is COc1ccc([C@H](c2sc3nc(C)nn3c2O)N2CCC3(CC2)OCCO3)cc1. The van der Waals surface area contributed by atoms with Gasteiger partial charge in [-0.05, 0) is 24.6 Å². The smallest absolute Gasteiger partial charge is 0.230 e. The Morgan fingerprint density at radius 3 is 2.48 bits per heavy atom. The Balaban J connectivity index is 1.51. The van der Waals surface area contributed by atoms with Crippen molar-refractivity contribution in [1.82, 2.24) is 19.5 Å². The summed E-state index contributed by atoms with van der Waals surface area (Å²) >= 11 is 1.48. The van der Waals surface area contributed by atoms with Crippen molar-refractivity contribution in [2.24, 2.45) is 0 Å². The average molecular weight is 417 g/mol. The molecule has 1 N–H and O–H groups in total. The zero-order valence-corrected chi connectivity index (χ0v) is 17.3. The summed E-state index contributed by atoms with van der Waals surface area (Å²) in [4.78, 5) is 8.34. The molecular formula is C20H24N4O4S. The van der Waals surface area contributed by atoms with E-state index < -0.39 is 5.79 Å². The van der Waals surface area contributed by atoms with Crippen LogP contribution in [-0.4, -0.2) is 63.8 Å². The molecule has 2 fully saturated rings. The lowest BCUT2D eigenvalue weighted by molar-refractivity contribution is -0.187. The molecule has 3 aromatic rings. The number of likely N-dealkylation sites (tertiary alicyclic amines) is 1. The first-order valence-electron chi connectivity index (χ1n) is 9.79. The number of hydrogen-bond acceptors (Lipinski definition) is 8. The molecule has 2 aromatic heterocycles. The number of nitrogens with zero attached hydrogens (tertiary/aromatic N) is 4. The zero-order valence-electron chi connectivity index (χ0n) is 16.5. The Kier molecular flexibility index (Phi) is 4.70. The van der Waals surface area contributed by atoms with E-state index in [2.05, 4.69) is 27.1 Å². The molecule has 154 valence electrons. The number of benzene rings is 1. The van der Waals surface area contributed by atoms with Crippen molar-refractivity contribution in [2.45, 2.75) is 31.6 Å². The van der Waals surface area contributed by atoms with Gasteiger partial charge in [0.15, 0.2) is 5.79 Å². The van der Waals surface area contributed by atoms with Crippen molar-refractivity contribution in [1.29, 1.82) is 0 Å². The van der Waals surface area contributed by atoms with Crippen molar-refractivity contribution in [2.75, 3.05) is 33.4 Å². The van der Waals surface area contributed by atoms with Crippen molar-refractivity contribution in [3.05, 3.63) is 40.5 Å². The number of ether oxygens (including phenoxy) is 3. The van der Waals surface area contributed by atoms with Crippen molar-refractivity contribution in [3.8, 4) is 11.6 Å². The van der Waals surface area contributed by atoms with E-state index in [1.807, 2.05) is 19.1 Å². The summed E-state index contributed by atoms with van der Waals surface area (Å²) in [6.45, 7) is 4.77. The first-order chi connectivity index (χ1) is 14.1. The molecule has 0 aliphatic carbocycles. The number of methoxy groups -OCH3 is 1. The fraction of sp³-hybridized carbons (Fsp3) is 0.500. The van der Waals surface area contributed by atoms with Gasteiger partial charge in [-0.15, -0.1) is 5.10 Å². The van der Waals surface area contributed by atoms with Crippen LogP contribution in [0.5, 0.6) is 11.6 Å². The molecule has 2 saturated heterocycles. The number of aromatic hydroxyl groups is 1. The molecule has 5 rings (SSSR count). The summed E-state index contributed by atoms with van der Waals surface area (Å²) in [7, 11) is 1.66. The van der Waals surface area contributed by atoms with Gasteiger partial charge in [0, 0.05) is 25.9 Å². The van der Waals surface area contributed by atoms with Crippen LogP contribution in [0.15, 0.2) is 24.3 Å². The average Bonchev–Trinajstić information content (AvgIpc) is 3.42. The molecule has 0 unspecified atom stereocenters. The summed E-state index contributed by atoms with van der Waals surface area (Å²) < 4.78 is 18.6. The number of thiazole rings is 1. The summed E-state index contributed by atoms with van der Waals surface area (Å²) in [5.74, 6) is 1.17. The Morgan fingerprint density at radius 1 is 1.17 bits per heavy atom. The second-order valence-electron chi connectivity index (χ2n) is 7.46. The number of piperidine rings is 1. The van der Waals surface area contributed by atoms with E-state index in [4.69, 9.17) is 14.2 Å². The molecule has 2 aliphatic rings. The first kappa shape index (κ1) is 18.8. The molecule has 0 saturated carbocycles. The van der Waals surface area contributed by atoms with Crippen LogP contribution >= 0.6 is 11.3 Å². The van der Waals surface area contributed by atoms with Gasteiger partial charge in [0.25, 0.3) is 0 Å². The van der Waals surface area contributed by atoms with Gasteiger partial charge in [-0.3, -0.25) is 4.90 Å². The largest absolute Gasteiger partial charge is 0.497 e. The molecule has 1 atom stereocenters. The van der Waals surface area contributed by atoms with Gasteiger partial charge >= 0.3 is 0 Å². The molecule has 0 amide bonds. The third-order valence-corrected chi connectivity index (χ3v) is 6.80. The summed E-state index contributed by atoms with van der Waals surface area (Å²) in [6.07, 6.45) is 1.61. The van der Waals surface area contributed by atoms with Gasteiger partial charge in [-0.25, -0.2) is 4.98 Å². The van der Waals surface area contributed by atoms with Crippen LogP contribution in [0.25, 0.3) is 4.96 Å². The quantitative estimate of drug-likeness (QED) is 0.700. The van der Waals surface area contributed by atoms with Crippen molar-refractivity contribution >= 4 is 16.3 Å². The highest BCUT2D eigenvalue weighted by molar-refractivity contribution is 7.17. The molecule has 0 bridgehead atoms. The van der Waals surface area contributed by atoms with Crippen molar-refractivity contribution in [3.63, 3.8) is 0 Å². The molecule has 1 aromatic carbocycles. The van der Waals surface area contributed by atoms with Gasteiger partial charge in [-0.2, -0.15) is 4.52 Å². The Morgan fingerprint density at radius 2 is 1.86 bits per heavy atom. The third kappa shape index (κ3) is 3.28. The normalized spacial score (nSPS) is 20.5. The minimum absolute atomic E-state index is 0.103. The fourth-order valence-electron chi connectivity index (χ4n) is 4.25. The van der Waals surface area contributed by atoms with E-state index in [-0.39, 0.29) is 11.9 Å². The van der Waals surface area contributed by atoms with Crippen LogP contribution in [0.2, 0.25) is 0 Å². The van der Waals surface area contributed by atoms with Gasteiger partial charge < -0.3 is 19.3 Å². The van der Waals surface area contributed by atoms with Crippen LogP contribution in [-0.2, 0) is 9.47 Å². The summed E-state index contributed by atoms with van der Waals surface area (Å²) in [5.41, 5.74) is 1.09. The topological polar surface area (TPSA) is 81.4 Å². The maximum atomic E-state index is 10.9. The minimum atomic E-state index is -0.439. The van der Waals surface area contributed by atoms with E-state index in [0.29, 0.717) is 24.0 Å². The van der Waals surface area contributed by atoms with E-state index in [0.717, 1.165) is 42.1 Å². The molecular weight excluding hydrogens is 392 g/mol. The fourth-order valence-corrected chi connectivity index (χ4v) is 5.41. The number of hydrogen-bond donors (Lipinski definition) is 1. The first-order valence-corrected chi connectivity index (χ1v) is 10.6. The Hall–Kier alpha value is -2.20. The van der Waals surface area contributed by atoms with Crippen LogP contribution in [0.3, 0.4) is 0 Å². The molecule has 29 heavy (non-hydrogen) atoms. The zero-order chi connectivity index (χ0) is 20.0. The second kappa shape index (κ2) is 7.24. The lowest BCUT2D eigenvalue weighted by Gasteiger charge is -2.41. The number of rotatable bonds is 4. The van der Waals surface area contributed by atoms with Crippen LogP contribution < -0.4 is 4.74 Å². The Bertz CT molecular complexity index is 1000. The molecule has 4 heterocycles. The summed E-state index contributed by atoms with van der Waals surface area (Å²) in [5, 5.41) is 15.3. The highest BCUT2D eigenvalue weighted by Gasteiger charge is 2.42. The Labute approximate surface area is 172 Å². The maximum absolute atomic E-state index is 10.9. The number of aromatic nitrogens is 3. The molecule has 9 heteroatoms. The predicted molar refractivity (Wildman–Crippen MR) is 108 cm³/mol. The second-order valence-corrected chi connectivity index (χ2v) is 8.47. The minimum Gasteiger partial charge on any atom is -0.497 e. The summed E-state index contributed by atoms with van der Waals surface area (Å²) in [6, 6.07) is 7.91. The van der Waals surface area contributed by atoms with Crippen molar-refractivity contribution < 1.29 is 19.3 Å². The van der Waals surface area contributed by atoms with Crippen LogP contribution in [0, 0.1) is 6.92 Å². The number of fused-ring (bicyclic) bond motifs is 1. The van der Waals surface area contributed by atoms with Gasteiger partial charge in [0.05, 0.1) is 31.2 Å². The molecule has 2 aliphatic heterocycles. The highest BCUT2D eigenvalue weighted by Crippen LogP contribution is 2.43. The lowest BCUT2D eigenvalue weighted by Crippen LogP contribution is -2.46. The van der Waals surface area contributed by atoms with Gasteiger partial charge in [0.1, 0.15) is 11.6 Å². The van der Waals surface area contributed by atoms with E-state index in [1.54, 1.807) is 7.11 Å². The van der Waals surface area contributed by atoms with Gasteiger partial charge in [0.2, 0.25) is 10.8 Å². The van der Waals surface area contributed by atoms with Crippen LogP contribution in [0.4, 0.5) is 0 Å². The third-order valence-electron chi connectivity index (χ3n) is 5.72. The lowest BCUT2D eigenvalue weighted by atomic mass is 9.97. The van der Waals surface area contributed by atoms with Gasteiger partial charge in [-0.1, -0.05) is 23.5 Å². The highest BCUT2D eigenvalue weighted by atomic mass is 32.1. The van der Waals surface area contributed by atoms with E-state index >= 15 is 0 Å².